The topological polar surface area (TPSA) is 84.8 Å². The van der Waals surface area contributed by atoms with Crippen molar-refractivity contribution in [2.75, 3.05) is 26.2 Å². The van der Waals surface area contributed by atoms with Crippen LogP contribution in [-0.2, 0) is 0 Å². The van der Waals surface area contributed by atoms with Crippen molar-refractivity contribution in [3.63, 3.8) is 0 Å². The number of nitrogens with one attached hydrogen (secondary N) is 2. The van der Waals surface area contributed by atoms with E-state index in [0.29, 0.717) is 12.1 Å². The predicted molar refractivity (Wildman–Crippen MR) is 105 cm³/mol. The van der Waals surface area contributed by atoms with Gasteiger partial charge in [-0.05, 0) is 44.3 Å². The van der Waals surface area contributed by atoms with Crippen LogP contribution in [0.25, 0.3) is 0 Å². The molecule has 1 aromatic rings. The Labute approximate surface area is 162 Å². The molecule has 150 valence electrons. The predicted octanol–water partition coefficient (Wildman–Crippen LogP) is 2.18. The molecular weight excluding hydrogens is 342 g/mol. The van der Waals surface area contributed by atoms with Crippen LogP contribution in [0.15, 0.2) is 30.3 Å². The van der Waals surface area contributed by atoms with E-state index in [-0.39, 0.29) is 18.2 Å². The number of amides is 2. The van der Waals surface area contributed by atoms with Crippen LogP contribution in [0.1, 0.15) is 56.6 Å². The molecule has 2 amide bonds. The molecule has 1 aliphatic heterocycles. The van der Waals surface area contributed by atoms with Crippen molar-refractivity contribution in [2.45, 2.75) is 62.6 Å². The molecule has 2 aliphatic rings. The number of aliphatic hydroxyl groups excluding tert-OH is 2. The first-order valence-electron chi connectivity index (χ1n) is 10.3. The molecule has 1 aromatic carbocycles. The van der Waals surface area contributed by atoms with Crippen LogP contribution in [0, 0.1) is 0 Å². The molecular formula is C21H33N3O3. The third-order valence-electron chi connectivity index (χ3n) is 6.17. The molecule has 0 radical (unpaired) electrons. The van der Waals surface area contributed by atoms with Crippen LogP contribution in [0.3, 0.4) is 0 Å². The van der Waals surface area contributed by atoms with Gasteiger partial charge in [-0.3, -0.25) is 4.90 Å². The molecule has 6 nitrogen and oxygen atoms in total. The monoisotopic (exact) mass is 375 g/mol. The molecule has 1 heterocycles. The first-order chi connectivity index (χ1) is 13.1. The summed E-state index contributed by atoms with van der Waals surface area (Å²) in [6.07, 6.45) is 7.53. The van der Waals surface area contributed by atoms with Crippen molar-refractivity contribution in [2.24, 2.45) is 0 Å². The second-order valence-electron chi connectivity index (χ2n) is 7.95. The van der Waals surface area contributed by atoms with Gasteiger partial charge in [0, 0.05) is 12.1 Å². The van der Waals surface area contributed by atoms with E-state index in [0.717, 1.165) is 25.9 Å². The summed E-state index contributed by atoms with van der Waals surface area (Å²) in [5.74, 6) is 0. The van der Waals surface area contributed by atoms with Gasteiger partial charge in [-0.25, -0.2) is 4.79 Å². The molecule has 2 atom stereocenters. The van der Waals surface area contributed by atoms with E-state index in [1.165, 1.54) is 32.1 Å². The summed E-state index contributed by atoms with van der Waals surface area (Å²) < 4.78 is 0. The number of nitrogens with zero attached hydrogens (tertiary/aromatic N) is 1. The van der Waals surface area contributed by atoms with Crippen molar-refractivity contribution in [3.8, 4) is 0 Å². The molecule has 1 aliphatic carbocycles. The Morgan fingerprint density at radius 3 is 2.37 bits per heavy atom. The molecule has 27 heavy (non-hydrogen) atoms. The number of carbonyl (C=O) groups is 1. The molecule has 1 saturated heterocycles. The lowest BCUT2D eigenvalue weighted by atomic mass is 9.92. The van der Waals surface area contributed by atoms with Crippen molar-refractivity contribution < 1.29 is 15.0 Å². The quantitative estimate of drug-likeness (QED) is 0.589. The molecule has 1 saturated carbocycles. The van der Waals surface area contributed by atoms with Gasteiger partial charge in [0.05, 0.1) is 12.6 Å². The van der Waals surface area contributed by atoms with Crippen molar-refractivity contribution in [1.29, 1.82) is 0 Å². The third kappa shape index (κ3) is 5.00. The fourth-order valence-electron chi connectivity index (χ4n) is 4.58. The van der Waals surface area contributed by atoms with Gasteiger partial charge in [-0.1, -0.05) is 49.6 Å². The van der Waals surface area contributed by atoms with Crippen LogP contribution in [0.5, 0.6) is 0 Å². The van der Waals surface area contributed by atoms with E-state index in [1.807, 2.05) is 18.2 Å². The maximum Gasteiger partial charge on any atom is 0.315 e. The molecule has 0 aromatic heterocycles. The highest BCUT2D eigenvalue weighted by Crippen LogP contribution is 2.36. The molecule has 0 unspecified atom stereocenters. The fraction of sp³-hybridized carbons (Fsp3) is 0.667. The maximum atomic E-state index is 12.5. The Kier molecular flexibility index (Phi) is 7.10. The van der Waals surface area contributed by atoms with Crippen LogP contribution < -0.4 is 10.6 Å². The zero-order valence-electron chi connectivity index (χ0n) is 16.1. The van der Waals surface area contributed by atoms with Gasteiger partial charge in [0.2, 0.25) is 0 Å². The second kappa shape index (κ2) is 9.53. The van der Waals surface area contributed by atoms with Gasteiger partial charge in [-0.15, -0.1) is 0 Å². The zero-order valence-corrected chi connectivity index (χ0v) is 16.1. The number of urea groups is 1. The summed E-state index contributed by atoms with van der Waals surface area (Å²) in [5, 5.41) is 25.8. The van der Waals surface area contributed by atoms with Crippen molar-refractivity contribution in [1.82, 2.24) is 15.5 Å². The van der Waals surface area contributed by atoms with E-state index in [9.17, 15) is 15.0 Å². The summed E-state index contributed by atoms with van der Waals surface area (Å²) in [4.78, 5) is 15.0. The molecule has 0 bridgehead atoms. The largest absolute Gasteiger partial charge is 0.394 e. The average molecular weight is 376 g/mol. The smallest absolute Gasteiger partial charge is 0.315 e. The number of hydrogen-bond donors (Lipinski definition) is 4. The van der Waals surface area contributed by atoms with E-state index in [1.54, 1.807) is 12.1 Å². The number of hydrogen-bond acceptors (Lipinski definition) is 4. The molecule has 4 N–H and O–H groups in total. The van der Waals surface area contributed by atoms with E-state index in [2.05, 4.69) is 15.5 Å². The number of benzene rings is 1. The highest BCUT2D eigenvalue weighted by atomic mass is 16.3. The number of likely N-dealkylation sites (tertiary alicyclic amines) is 1. The fourth-order valence-corrected chi connectivity index (χ4v) is 4.58. The van der Waals surface area contributed by atoms with Gasteiger partial charge in [0.1, 0.15) is 6.10 Å². The summed E-state index contributed by atoms with van der Waals surface area (Å²) >= 11 is 0. The Morgan fingerprint density at radius 1 is 1.07 bits per heavy atom. The lowest BCUT2D eigenvalue weighted by molar-refractivity contribution is 0.0696. The lowest BCUT2D eigenvalue weighted by Crippen LogP contribution is -2.57. The number of rotatable bonds is 7. The van der Waals surface area contributed by atoms with Crippen molar-refractivity contribution >= 4 is 6.03 Å². The van der Waals surface area contributed by atoms with Crippen LogP contribution in [0.4, 0.5) is 4.79 Å². The van der Waals surface area contributed by atoms with Crippen LogP contribution in [0.2, 0.25) is 0 Å². The Morgan fingerprint density at radius 2 is 1.74 bits per heavy atom. The van der Waals surface area contributed by atoms with Gasteiger partial charge in [0.15, 0.2) is 0 Å². The van der Waals surface area contributed by atoms with E-state index < -0.39 is 12.1 Å². The zero-order chi connectivity index (χ0) is 19.1. The van der Waals surface area contributed by atoms with Gasteiger partial charge < -0.3 is 20.8 Å². The summed E-state index contributed by atoms with van der Waals surface area (Å²) in [6, 6.07) is 8.04. The Hall–Kier alpha value is -1.63. The third-order valence-corrected chi connectivity index (χ3v) is 6.17. The summed E-state index contributed by atoms with van der Waals surface area (Å²) in [7, 11) is 0. The number of carbonyl (C=O) groups excluding carboxylic acids is 1. The minimum atomic E-state index is -0.940. The summed E-state index contributed by atoms with van der Waals surface area (Å²) in [6.45, 7) is 2.55. The lowest BCUT2D eigenvalue weighted by Gasteiger charge is -2.43. The second-order valence-corrected chi connectivity index (χ2v) is 7.95. The average Bonchev–Trinajstić information content (AvgIpc) is 3.21. The minimum Gasteiger partial charge on any atom is -0.394 e. The van der Waals surface area contributed by atoms with Crippen LogP contribution >= 0.6 is 0 Å². The highest BCUT2D eigenvalue weighted by Gasteiger charge is 2.40. The van der Waals surface area contributed by atoms with Crippen molar-refractivity contribution in [3.05, 3.63) is 35.9 Å². The molecule has 3 rings (SSSR count). The number of piperidine rings is 1. The standard InChI is InChI=1S/C21H33N3O3/c25-15-18(19(26)17-9-3-1-4-10-17)23-20(27)22-16-21(11-5-6-12-21)24-13-7-2-8-14-24/h1,3-4,9-10,18-19,25-26H,2,5-8,11-16H2,(H2,22,23,27)/t18-,19-/m0/s1. The van der Waals surface area contributed by atoms with E-state index in [4.69, 9.17) is 0 Å². The Bertz CT molecular complexity index is 584. The normalized spacial score (nSPS) is 22.1. The first-order valence-corrected chi connectivity index (χ1v) is 10.3. The molecule has 6 heteroatoms. The number of aliphatic hydroxyl groups is 2. The van der Waals surface area contributed by atoms with E-state index >= 15 is 0 Å². The van der Waals surface area contributed by atoms with Gasteiger partial charge in [-0.2, -0.15) is 0 Å². The van der Waals surface area contributed by atoms with Gasteiger partial charge >= 0.3 is 6.03 Å². The molecule has 2 fully saturated rings. The summed E-state index contributed by atoms with van der Waals surface area (Å²) in [5.41, 5.74) is 0.752. The highest BCUT2D eigenvalue weighted by molar-refractivity contribution is 5.74. The SMILES string of the molecule is O=C(NCC1(N2CCCCC2)CCCC1)N[C@@H](CO)[C@@H](O)c1ccccc1. The van der Waals surface area contributed by atoms with Crippen LogP contribution in [-0.4, -0.2) is 59.0 Å². The molecule has 0 spiro atoms. The van der Waals surface area contributed by atoms with Gasteiger partial charge in [0.25, 0.3) is 0 Å². The first kappa shape index (κ1) is 20.1. The minimum absolute atomic E-state index is 0.0739. The maximum absolute atomic E-state index is 12.5. The Balaban J connectivity index is 1.55.